The highest BCUT2D eigenvalue weighted by atomic mass is 16.8. The fourth-order valence-corrected chi connectivity index (χ4v) is 4.43. The molecule has 2 saturated heterocycles. The van der Waals surface area contributed by atoms with E-state index in [1.165, 1.54) is 26.4 Å². The van der Waals surface area contributed by atoms with Crippen molar-refractivity contribution in [3.05, 3.63) is 35.9 Å². The lowest BCUT2D eigenvalue weighted by Gasteiger charge is -2.46. The van der Waals surface area contributed by atoms with Crippen molar-refractivity contribution >= 4 is 5.97 Å². The molecule has 0 aromatic heterocycles. The molecule has 0 bridgehead atoms. The van der Waals surface area contributed by atoms with Gasteiger partial charge in [-0.15, -0.1) is 12.3 Å². The minimum Gasteiger partial charge on any atom is -0.454 e. The van der Waals surface area contributed by atoms with Crippen LogP contribution in [0.15, 0.2) is 30.3 Å². The predicted octanol–water partition coefficient (Wildman–Crippen LogP) is 4.28. The van der Waals surface area contributed by atoms with Gasteiger partial charge in [-0.2, -0.15) is 0 Å². The average molecular weight is 475 g/mol. The summed E-state index contributed by atoms with van der Waals surface area (Å²) in [6.07, 6.45) is 10.4. The molecule has 34 heavy (non-hydrogen) atoms. The van der Waals surface area contributed by atoms with E-state index in [0.717, 1.165) is 44.1 Å². The van der Waals surface area contributed by atoms with Gasteiger partial charge in [0.2, 0.25) is 0 Å². The number of aliphatic hydroxyl groups excluding tert-OH is 1. The van der Waals surface area contributed by atoms with Gasteiger partial charge in [0.15, 0.2) is 18.7 Å². The summed E-state index contributed by atoms with van der Waals surface area (Å²) in [6, 6.07) is 9.50. The number of hydrogen-bond acceptors (Lipinski definition) is 7. The van der Waals surface area contributed by atoms with Gasteiger partial charge >= 0.3 is 5.97 Å². The van der Waals surface area contributed by atoms with Crippen LogP contribution in [-0.2, 0) is 28.5 Å². The molecule has 0 radical (unpaired) electrons. The normalized spacial score (nSPS) is 28.6. The van der Waals surface area contributed by atoms with E-state index in [-0.39, 0.29) is 12.6 Å². The molecule has 188 valence electrons. The maximum atomic E-state index is 12.5. The Kier molecular flexibility index (Phi) is 11.3. The highest BCUT2D eigenvalue weighted by Crippen LogP contribution is 2.35. The van der Waals surface area contributed by atoms with Gasteiger partial charge < -0.3 is 28.8 Å². The standard InChI is InChI=1S/C27H38O7/c1-3-4-5-6-7-8-9-10-11-15-18-22(28)33-25-23(29)24-21(32-27(25)30-2)19-31-26(34-24)20-16-13-12-14-17-20/h1,12-14,16-17,21,23-27,29H,4-11,15,18-19H2,2H3/t21-,23+,24-,25-,26?,27+/m1/s1. The molecule has 3 rings (SSSR count). The van der Waals surface area contributed by atoms with Crippen molar-refractivity contribution < 1.29 is 33.6 Å². The summed E-state index contributed by atoms with van der Waals surface area (Å²) in [6.45, 7) is 0.242. The smallest absolute Gasteiger partial charge is 0.306 e. The van der Waals surface area contributed by atoms with Crippen molar-refractivity contribution in [3.63, 3.8) is 0 Å². The van der Waals surface area contributed by atoms with Crippen molar-refractivity contribution in [2.75, 3.05) is 13.7 Å². The Morgan fingerprint density at radius 1 is 1.06 bits per heavy atom. The van der Waals surface area contributed by atoms with E-state index in [1.807, 2.05) is 30.3 Å². The van der Waals surface area contributed by atoms with Crippen LogP contribution in [-0.4, -0.2) is 55.5 Å². The number of methoxy groups -OCH3 is 1. The number of esters is 1. The molecule has 1 unspecified atom stereocenters. The molecule has 1 aromatic rings. The number of fused-ring (bicyclic) bond motifs is 1. The summed E-state index contributed by atoms with van der Waals surface area (Å²) in [7, 11) is 1.46. The van der Waals surface area contributed by atoms with E-state index in [0.29, 0.717) is 6.42 Å². The molecule has 2 aliphatic rings. The van der Waals surface area contributed by atoms with Crippen LogP contribution in [0, 0.1) is 12.3 Å². The van der Waals surface area contributed by atoms with Crippen LogP contribution >= 0.6 is 0 Å². The maximum Gasteiger partial charge on any atom is 0.306 e. The molecule has 0 amide bonds. The Bertz CT molecular complexity index is 762. The third-order valence-electron chi connectivity index (χ3n) is 6.33. The summed E-state index contributed by atoms with van der Waals surface area (Å²) in [5.74, 6) is 2.30. The van der Waals surface area contributed by atoms with Gasteiger partial charge in [0.05, 0.1) is 6.61 Å². The number of terminal acetylenes is 1. The van der Waals surface area contributed by atoms with Crippen LogP contribution in [0.5, 0.6) is 0 Å². The maximum absolute atomic E-state index is 12.5. The first-order valence-electron chi connectivity index (χ1n) is 12.5. The first-order valence-corrected chi connectivity index (χ1v) is 12.5. The van der Waals surface area contributed by atoms with Gasteiger partial charge in [-0.25, -0.2) is 0 Å². The van der Waals surface area contributed by atoms with Crippen molar-refractivity contribution in [2.24, 2.45) is 0 Å². The molecule has 2 heterocycles. The molecular formula is C27H38O7. The number of rotatable bonds is 13. The molecule has 7 heteroatoms. The van der Waals surface area contributed by atoms with E-state index in [2.05, 4.69) is 5.92 Å². The zero-order chi connectivity index (χ0) is 24.2. The Morgan fingerprint density at radius 2 is 1.74 bits per heavy atom. The van der Waals surface area contributed by atoms with Crippen molar-refractivity contribution in [1.82, 2.24) is 0 Å². The van der Waals surface area contributed by atoms with Gasteiger partial charge in [-0.1, -0.05) is 68.9 Å². The third-order valence-corrected chi connectivity index (χ3v) is 6.33. The lowest BCUT2D eigenvalue weighted by molar-refractivity contribution is -0.358. The van der Waals surface area contributed by atoms with E-state index >= 15 is 0 Å². The predicted molar refractivity (Wildman–Crippen MR) is 127 cm³/mol. The fraction of sp³-hybridized carbons (Fsp3) is 0.667. The lowest BCUT2D eigenvalue weighted by Crippen LogP contribution is -2.63. The van der Waals surface area contributed by atoms with Gasteiger partial charge in [0.1, 0.15) is 18.3 Å². The van der Waals surface area contributed by atoms with Crippen LogP contribution < -0.4 is 0 Å². The molecule has 2 fully saturated rings. The average Bonchev–Trinajstić information content (AvgIpc) is 2.87. The zero-order valence-corrected chi connectivity index (χ0v) is 20.1. The second kappa shape index (κ2) is 14.4. The van der Waals surface area contributed by atoms with Crippen molar-refractivity contribution in [1.29, 1.82) is 0 Å². The van der Waals surface area contributed by atoms with Gasteiger partial charge in [-0.3, -0.25) is 4.79 Å². The number of unbranched alkanes of at least 4 members (excludes halogenated alkanes) is 8. The van der Waals surface area contributed by atoms with Crippen LogP contribution in [0.3, 0.4) is 0 Å². The molecule has 1 N–H and O–H groups in total. The SMILES string of the molecule is C#CCCCCCCCCCCC(=O)O[C@H]1[C@@H](OC)O[C@@H]2COC(c3ccccc3)O[C@H]2[C@@H]1O. The van der Waals surface area contributed by atoms with E-state index in [1.54, 1.807) is 0 Å². The second-order valence-corrected chi connectivity index (χ2v) is 8.93. The molecule has 0 aliphatic carbocycles. The quantitative estimate of drug-likeness (QED) is 0.260. The molecule has 1 aromatic carbocycles. The number of ether oxygens (including phenoxy) is 5. The van der Waals surface area contributed by atoms with Crippen molar-refractivity contribution in [2.45, 2.75) is 101 Å². The fourth-order valence-electron chi connectivity index (χ4n) is 4.43. The molecule has 0 spiro atoms. The molecular weight excluding hydrogens is 436 g/mol. The summed E-state index contributed by atoms with van der Waals surface area (Å²) in [4.78, 5) is 12.5. The van der Waals surface area contributed by atoms with Crippen LogP contribution in [0.1, 0.15) is 76.1 Å². The number of aliphatic hydroxyl groups is 1. The first-order chi connectivity index (χ1) is 16.6. The number of carbonyl (C=O) groups excluding carboxylic acids is 1. The first kappa shape index (κ1) is 26.7. The largest absolute Gasteiger partial charge is 0.454 e. The highest BCUT2D eigenvalue weighted by Gasteiger charge is 2.51. The topological polar surface area (TPSA) is 83.5 Å². The number of benzene rings is 1. The van der Waals surface area contributed by atoms with Crippen molar-refractivity contribution in [3.8, 4) is 12.3 Å². The lowest BCUT2D eigenvalue weighted by atomic mass is 9.97. The Morgan fingerprint density at radius 3 is 2.41 bits per heavy atom. The summed E-state index contributed by atoms with van der Waals surface area (Å²) >= 11 is 0. The summed E-state index contributed by atoms with van der Waals surface area (Å²) in [5, 5.41) is 11.0. The van der Waals surface area contributed by atoms with Crippen LogP contribution in [0.4, 0.5) is 0 Å². The van der Waals surface area contributed by atoms with E-state index in [4.69, 9.17) is 30.1 Å². The number of hydrogen-bond donors (Lipinski definition) is 1. The van der Waals surface area contributed by atoms with Gasteiger partial charge in [-0.05, 0) is 12.8 Å². The minimum absolute atomic E-state index is 0.242. The second-order valence-electron chi connectivity index (χ2n) is 8.93. The monoisotopic (exact) mass is 474 g/mol. The third kappa shape index (κ3) is 7.79. The summed E-state index contributed by atoms with van der Waals surface area (Å²) < 4.78 is 28.6. The Hall–Kier alpha value is -1.95. The Labute approximate surface area is 203 Å². The van der Waals surface area contributed by atoms with Gasteiger partial charge in [0.25, 0.3) is 0 Å². The van der Waals surface area contributed by atoms with Gasteiger partial charge in [0, 0.05) is 25.5 Å². The molecule has 2 aliphatic heterocycles. The van der Waals surface area contributed by atoms with Crippen LogP contribution in [0.25, 0.3) is 0 Å². The number of carbonyl (C=O) groups is 1. The summed E-state index contributed by atoms with van der Waals surface area (Å²) in [5.41, 5.74) is 0.850. The molecule has 7 nitrogen and oxygen atoms in total. The Balaban J connectivity index is 1.40. The molecule has 6 atom stereocenters. The minimum atomic E-state index is -1.09. The highest BCUT2D eigenvalue weighted by molar-refractivity contribution is 5.69. The molecule has 0 saturated carbocycles. The van der Waals surface area contributed by atoms with E-state index < -0.39 is 37.0 Å². The van der Waals surface area contributed by atoms with E-state index in [9.17, 15) is 9.90 Å². The van der Waals surface area contributed by atoms with Crippen LogP contribution in [0.2, 0.25) is 0 Å². The zero-order valence-electron chi connectivity index (χ0n) is 20.1.